The third-order valence-corrected chi connectivity index (χ3v) is 17.3. The summed E-state index contributed by atoms with van der Waals surface area (Å²) in [6.07, 6.45) is -10.7. The third-order valence-electron chi connectivity index (χ3n) is 16.3. The van der Waals surface area contributed by atoms with E-state index in [4.69, 9.17) is 25.7 Å². The number of fused-ring (bicyclic) bond motifs is 2. The van der Waals surface area contributed by atoms with Crippen molar-refractivity contribution in [3.63, 3.8) is 0 Å². The molecule has 4 heterocycles. The van der Waals surface area contributed by atoms with Crippen LogP contribution in [0, 0.1) is 5.92 Å². The summed E-state index contributed by atoms with van der Waals surface area (Å²) in [6.45, 7) is 5.17. The number of amides is 7. The van der Waals surface area contributed by atoms with Gasteiger partial charge in [0, 0.05) is 81.1 Å². The van der Waals surface area contributed by atoms with Crippen LogP contribution in [0.25, 0.3) is 32.3 Å². The number of ether oxygens (including phenoxy) is 3. The van der Waals surface area contributed by atoms with Gasteiger partial charge >= 0.3 is 0 Å². The number of nitrogens with two attached hydrogens (primary N) is 2. The molecule has 1 aromatic heterocycles. The second kappa shape index (κ2) is 33.1. The molecule has 8 rings (SSSR count). The highest BCUT2D eigenvalue weighted by atomic mass is 32.1. The first kappa shape index (κ1) is 70.6. The highest BCUT2D eigenvalue weighted by molar-refractivity contribution is 7.17. The second-order valence-corrected chi connectivity index (χ2v) is 24.3. The van der Waals surface area contributed by atoms with Gasteiger partial charge in [0.2, 0.25) is 35.4 Å². The molecule has 502 valence electrons. The maximum atomic E-state index is 14.7. The summed E-state index contributed by atoms with van der Waals surface area (Å²) in [5.41, 5.74) is 15.1. The van der Waals surface area contributed by atoms with Crippen molar-refractivity contribution in [3.8, 4) is 49.5 Å². The Labute approximate surface area is 541 Å². The number of nitrogens with one attached hydrogen (secondary N) is 5. The molecule has 3 fully saturated rings. The molecular weight excluding hydrogens is 1230 g/mol. The van der Waals surface area contributed by atoms with Gasteiger partial charge in [-0.25, -0.2) is 0 Å². The molecule has 16 N–H and O–H groups in total. The predicted octanol–water partition coefficient (Wildman–Crippen LogP) is -0.925. The van der Waals surface area contributed by atoms with Gasteiger partial charge in [0.15, 0.2) is 11.5 Å². The highest BCUT2D eigenvalue weighted by Gasteiger charge is 2.50. The fourth-order valence-corrected chi connectivity index (χ4v) is 12.0. The topological polar surface area (TPSA) is 433 Å². The maximum absolute atomic E-state index is 14.7. The molecule has 3 aliphatic rings. The molecule has 0 saturated carbocycles. The number of aliphatic hydroxyl groups is 6. The van der Waals surface area contributed by atoms with E-state index in [-0.39, 0.29) is 55.3 Å². The van der Waals surface area contributed by atoms with E-state index in [0.717, 1.165) is 45.6 Å². The van der Waals surface area contributed by atoms with E-state index in [1.807, 2.05) is 55.5 Å². The minimum Gasteiger partial charge on any atom is -0.504 e. The molecule has 28 nitrogen and oxygen atoms in total. The standard InChI is InChI=1S/C64H83N11O17S/c1-4-90-24-6-26-91-44-18-16-38(17-19-44)37-8-12-40(13-9-37)61-72-73-62(93-61)41-14-10-39(11-15-41)56(83)68-45-29-42(77)31-67-60(87)54-55(82)34(2)32-75(54)64(89)53(48(80)21-23-66)71-59(86)52(49(81)27-36-7-20-47(79)50(28-36)92-25-5-22-65)70-58(85)46-30-43(78)33-74(46)63(88)51(35(3)76)69-57(45)84/h7-20,28,34-35,42-43,45-46,48-49,51-55,76-82H,4-6,21-27,29-33,65-66H2,1-3H3,(H,67,87)(H,68,83)(H,69,84)(H,70,85)(H,71,86)/t34-,35+,42+,43+,45?,46-,48+,49+,51-,52-,53-,54-,55-/m0/s1. The van der Waals surface area contributed by atoms with Crippen molar-refractivity contribution in [2.24, 2.45) is 17.4 Å². The number of hydrogen-bond donors (Lipinski definition) is 14. The van der Waals surface area contributed by atoms with Gasteiger partial charge in [-0.2, -0.15) is 0 Å². The van der Waals surface area contributed by atoms with Crippen LogP contribution in [0.3, 0.4) is 0 Å². The molecule has 13 atom stereocenters. The van der Waals surface area contributed by atoms with Crippen LogP contribution in [0.1, 0.15) is 68.8 Å². The molecule has 4 aromatic carbocycles. The number of β-amino-alcohol motifs (C(OH)–C–C–N with tert-alkyl or cyclic N) is 1. The van der Waals surface area contributed by atoms with Crippen LogP contribution in [0.5, 0.6) is 17.2 Å². The summed E-state index contributed by atoms with van der Waals surface area (Å²) in [5.74, 6) is -7.86. The van der Waals surface area contributed by atoms with Crippen molar-refractivity contribution in [1.29, 1.82) is 0 Å². The van der Waals surface area contributed by atoms with Gasteiger partial charge in [-0.3, -0.25) is 33.6 Å². The van der Waals surface area contributed by atoms with Crippen molar-refractivity contribution in [2.75, 3.05) is 59.2 Å². The van der Waals surface area contributed by atoms with Crippen LogP contribution in [-0.2, 0) is 39.9 Å². The molecule has 29 heteroatoms. The van der Waals surface area contributed by atoms with E-state index in [1.54, 1.807) is 12.1 Å². The zero-order valence-electron chi connectivity index (χ0n) is 51.8. The Kier molecular flexibility index (Phi) is 25.1. The molecule has 0 bridgehead atoms. The predicted molar refractivity (Wildman–Crippen MR) is 339 cm³/mol. The van der Waals surface area contributed by atoms with Crippen LogP contribution in [0.2, 0.25) is 0 Å². The fourth-order valence-electron chi connectivity index (χ4n) is 11.2. The maximum Gasteiger partial charge on any atom is 0.251 e. The van der Waals surface area contributed by atoms with E-state index in [2.05, 4.69) is 36.8 Å². The lowest BCUT2D eigenvalue weighted by Gasteiger charge is -2.34. The normalized spacial score (nSPS) is 24.5. The number of phenols is 1. The fraction of sp³-hybridized carbons (Fsp3) is 0.484. The van der Waals surface area contributed by atoms with Crippen molar-refractivity contribution < 1.29 is 83.5 Å². The van der Waals surface area contributed by atoms with Crippen molar-refractivity contribution in [2.45, 2.75) is 132 Å². The Morgan fingerprint density at radius 3 is 1.95 bits per heavy atom. The zero-order valence-corrected chi connectivity index (χ0v) is 52.7. The number of phenolic OH excluding ortho intramolecular Hbond substituents is 1. The first-order valence-electron chi connectivity index (χ1n) is 31.0. The van der Waals surface area contributed by atoms with Crippen molar-refractivity contribution in [3.05, 3.63) is 102 Å². The monoisotopic (exact) mass is 1310 g/mol. The van der Waals surface area contributed by atoms with Gasteiger partial charge in [0.05, 0.1) is 49.8 Å². The summed E-state index contributed by atoms with van der Waals surface area (Å²) in [5, 5.41) is 102. The van der Waals surface area contributed by atoms with Gasteiger partial charge in [0.1, 0.15) is 52.0 Å². The molecule has 3 aliphatic heterocycles. The van der Waals surface area contributed by atoms with Gasteiger partial charge in [-0.15, -0.1) is 10.2 Å². The molecule has 1 unspecified atom stereocenters. The molecule has 0 radical (unpaired) electrons. The van der Waals surface area contributed by atoms with Crippen LogP contribution in [0.15, 0.2) is 91.0 Å². The second-order valence-electron chi connectivity index (χ2n) is 23.4. The largest absolute Gasteiger partial charge is 0.504 e. The van der Waals surface area contributed by atoms with E-state index < -0.39 is 152 Å². The van der Waals surface area contributed by atoms with Gasteiger partial charge in [-0.05, 0) is 92.9 Å². The Morgan fingerprint density at radius 2 is 1.30 bits per heavy atom. The average molecular weight is 1310 g/mol. The van der Waals surface area contributed by atoms with Crippen LogP contribution in [0.4, 0.5) is 0 Å². The molecule has 5 aromatic rings. The zero-order chi connectivity index (χ0) is 67.0. The van der Waals surface area contributed by atoms with E-state index >= 15 is 0 Å². The van der Waals surface area contributed by atoms with Crippen molar-refractivity contribution in [1.82, 2.24) is 46.6 Å². The van der Waals surface area contributed by atoms with Crippen molar-refractivity contribution >= 4 is 52.7 Å². The average Bonchev–Trinajstić information content (AvgIpc) is 1.71. The van der Waals surface area contributed by atoms with Crippen LogP contribution < -0.4 is 47.5 Å². The molecule has 3 saturated heterocycles. The van der Waals surface area contributed by atoms with Crippen LogP contribution in [-0.4, -0.2) is 229 Å². The molecule has 0 spiro atoms. The summed E-state index contributed by atoms with van der Waals surface area (Å²) < 4.78 is 16.9. The summed E-state index contributed by atoms with van der Waals surface area (Å²) in [7, 11) is 0. The quantitative estimate of drug-likeness (QED) is 0.0372. The van der Waals surface area contributed by atoms with E-state index in [0.29, 0.717) is 41.8 Å². The minimum absolute atomic E-state index is 0.00159. The number of benzene rings is 4. The number of nitrogens with zero attached hydrogens (tertiary/aromatic N) is 4. The number of rotatable bonds is 22. The van der Waals surface area contributed by atoms with E-state index in [9.17, 15) is 69.3 Å². The van der Waals surface area contributed by atoms with Gasteiger partial charge in [0.25, 0.3) is 5.91 Å². The number of aliphatic hydroxyl groups excluding tert-OH is 6. The number of aromatic nitrogens is 2. The molecular formula is C64H83N11O17S. The first-order chi connectivity index (χ1) is 44.6. The Morgan fingerprint density at radius 1 is 0.688 bits per heavy atom. The van der Waals surface area contributed by atoms with Gasteiger partial charge < -0.3 is 97.8 Å². The summed E-state index contributed by atoms with van der Waals surface area (Å²) >= 11 is 1.31. The number of carbonyl (C=O) groups is 7. The minimum atomic E-state index is -2.04. The van der Waals surface area contributed by atoms with Gasteiger partial charge in [-0.1, -0.05) is 72.9 Å². The van der Waals surface area contributed by atoms with Crippen LogP contribution >= 0.6 is 11.3 Å². The molecule has 0 aliphatic carbocycles. The Bertz CT molecular complexity index is 3360. The highest BCUT2D eigenvalue weighted by Crippen LogP contribution is 2.33. The lowest BCUT2D eigenvalue weighted by atomic mass is 9.98. The van der Waals surface area contributed by atoms with E-state index in [1.165, 1.54) is 48.6 Å². The number of hydrogen-bond acceptors (Lipinski definition) is 22. The lowest BCUT2D eigenvalue weighted by Crippen LogP contribution is -2.64. The lowest BCUT2D eigenvalue weighted by molar-refractivity contribution is -0.147. The Balaban J connectivity index is 1.04. The molecule has 7 amide bonds. The summed E-state index contributed by atoms with van der Waals surface area (Å²) in [4.78, 5) is 103. The third kappa shape index (κ3) is 18.1. The smallest absolute Gasteiger partial charge is 0.251 e. The number of carbonyl (C=O) groups excluding carboxylic acids is 7. The first-order valence-corrected chi connectivity index (χ1v) is 31.8. The Hall–Kier alpha value is -8.23. The number of aromatic hydroxyl groups is 1. The molecule has 93 heavy (non-hydrogen) atoms. The summed E-state index contributed by atoms with van der Waals surface area (Å²) in [6, 6.07) is 14.8. The SMILES string of the molecule is CCOCCCOc1ccc(-c2ccc(-c3nnc(-c4ccc(C(=O)NC5C[C@@H](O)CNC(=O)[C@@H]6[C@@H](O)[C@@H](C)CN6C(=O)[C@H]([C@H](O)CCN)NC(=O)[C@H]([C@H](O)Cc6ccc(O)c(OCCCN)c6)NC(=O)[C@@H]6C[C@@H](O)CN6C(=O)[C@H]([C@@H](C)O)NC5=O)cc4)s3)cc2)cc1.